The van der Waals surface area contributed by atoms with Gasteiger partial charge in [0, 0.05) is 24.7 Å². The van der Waals surface area contributed by atoms with Crippen molar-refractivity contribution >= 4 is 21.7 Å². The summed E-state index contributed by atoms with van der Waals surface area (Å²) in [7, 11) is -1.23. The fourth-order valence-corrected chi connectivity index (χ4v) is 5.20. The van der Waals surface area contributed by atoms with Gasteiger partial charge < -0.3 is 15.7 Å². The maximum absolute atomic E-state index is 12.5. The fourth-order valence-electron chi connectivity index (χ4n) is 3.71. The van der Waals surface area contributed by atoms with E-state index in [2.05, 4.69) is 15.7 Å². The number of carbonyl (C=O) groups excluding carboxylic acids is 2. The summed E-state index contributed by atoms with van der Waals surface area (Å²) in [4.78, 5) is 24.9. The Bertz CT molecular complexity index is 820. The summed E-state index contributed by atoms with van der Waals surface area (Å²) in [5, 5.41) is 20.0. The number of sulfone groups is 1. The van der Waals surface area contributed by atoms with Crippen molar-refractivity contribution in [3.63, 3.8) is 0 Å². The van der Waals surface area contributed by atoms with Gasteiger partial charge in [0.1, 0.15) is 9.84 Å². The molecule has 2 amide bonds. The lowest BCUT2D eigenvalue weighted by atomic mass is 10.0. The Morgan fingerprint density at radius 1 is 1.22 bits per heavy atom. The maximum Gasteiger partial charge on any atom is 0.255 e. The summed E-state index contributed by atoms with van der Waals surface area (Å²) in [5.74, 6) is -0.724. The van der Waals surface area contributed by atoms with Crippen molar-refractivity contribution in [3.8, 4) is 0 Å². The lowest BCUT2D eigenvalue weighted by Crippen LogP contribution is -2.43. The average Bonchev–Trinajstić information content (AvgIpc) is 3.13. The van der Waals surface area contributed by atoms with Gasteiger partial charge in [-0.3, -0.25) is 14.3 Å². The predicted octanol–water partition coefficient (Wildman–Crippen LogP) is -0.709. The van der Waals surface area contributed by atoms with Gasteiger partial charge in [0.15, 0.2) is 0 Å². The highest BCUT2D eigenvalue weighted by atomic mass is 32.2. The number of aliphatic hydroxyl groups is 1. The number of amides is 2. The summed E-state index contributed by atoms with van der Waals surface area (Å²) in [6.07, 6.45) is 2.14. The van der Waals surface area contributed by atoms with Crippen molar-refractivity contribution < 1.29 is 23.1 Å². The molecule has 150 valence electrons. The quantitative estimate of drug-likeness (QED) is 0.614. The Morgan fingerprint density at radius 3 is 2.48 bits per heavy atom. The Hall–Kier alpha value is -1.94. The van der Waals surface area contributed by atoms with Crippen LogP contribution in [0.1, 0.15) is 41.7 Å². The number of nitrogens with one attached hydrogen (secondary N) is 2. The third-order valence-electron chi connectivity index (χ3n) is 5.60. The van der Waals surface area contributed by atoms with Gasteiger partial charge in [-0.05, 0) is 32.6 Å². The van der Waals surface area contributed by atoms with Crippen LogP contribution in [-0.2, 0) is 21.7 Å². The molecule has 2 fully saturated rings. The van der Waals surface area contributed by atoms with E-state index >= 15 is 0 Å². The van der Waals surface area contributed by atoms with E-state index in [-0.39, 0.29) is 35.8 Å². The normalized spacial score (nSPS) is 28.0. The van der Waals surface area contributed by atoms with Crippen LogP contribution < -0.4 is 10.6 Å². The zero-order chi connectivity index (χ0) is 19.8. The van der Waals surface area contributed by atoms with E-state index in [1.165, 1.54) is 6.20 Å². The van der Waals surface area contributed by atoms with Crippen molar-refractivity contribution in [1.82, 2.24) is 20.4 Å². The minimum absolute atomic E-state index is 0.0916. The smallest absolute Gasteiger partial charge is 0.255 e. The molecule has 3 N–H and O–H groups in total. The molecule has 2 heterocycles. The van der Waals surface area contributed by atoms with Crippen molar-refractivity contribution in [1.29, 1.82) is 0 Å². The largest absolute Gasteiger partial charge is 0.391 e. The molecule has 1 aromatic heterocycles. The molecule has 27 heavy (non-hydrogen) atoms. The average molecular weight is 398 g/mol. The third-order valence-corrected chi connectivity index (χ3v) is 7.31. The Balaban J connectivity index is 1.54. The predicted molar refractivity (Wildman–Crippen MR) is 97.7 cm³/mol. The van der Waals surface area contributed by atoms with Gasteiger partial charge in [-0.1, -0.05) is 0 Å². The number of aromatic nitrogens is 2. The number of aliphatic hydroxyl groups excluding tert-OH is 1. The molecule has 0 unspecified atom stereocenters. The fraction of sp³-hybridized carbons (Fsp3) is 0.706. The Kier molecular flexibility index (Phi) is 5.57. The number of aryl methyl sites for hydroxylation is 1. The molecule has 1 aliphatic carbocycles. The van der Waals surface area contributed by atoms with Crippen LogP contribution in [0.3, 0.4) is 0 Å². The molecule has 3 atom stereocenters. The summed E-state index contributed by atoms with van der Waals surface area (Å²) in [5.41, 5.74) is 1.17. The SMILES string of the molecule is Cc1c(C(=O)N[C@H]2C[C@H](C(=O)NC3CCS(=O)(=O)CC3)C[C@@H]2O)cnn1C. The van der Waals surface area contributed by atoms with Crippen LogP contribution in [0.25, 0.3) is 0 Å². The van der Waals surface area contributed by atoms with Gasteiger partial charge in [0.2, 0.25) is 5.91 Å². The van der Waals surface area contributed by atoms with Gasteiger partial charge in [0.25, 0.3) is 5.91 Å². The monoisotopic (exact) mass is 398 g/mol. The van der Waals surface area contributed by atoms with Crippen LogP contribution in [0.5, 0.6) is 0 Å². The van der Waals surface area contributed by atoms with E-state index in [0.29, 0.717) is 24.8 Å². The van der Waals surface area contributed by atoms with E-state index in [4.69, 9.17) is 0 Å². The first-order valence-electron chi connectivity index (χ1n) is 9.14. The second-order valence-corrected chi connectivity index (χ2v) is 9.82. The molecule has 9 nitrogen and oxygen atoms in total. The van der Waals surface area contributed by atoms with Crippen LogP contribution in [0.2, 0.25) is 0 Å². The molecule has 3 rings (SSSR count). The number of hydrogen-bond acceptors (Lipinski definition) is 6. The highest BCUT2D eigenvalue weighted by Crippen LogP contribution is 2.27. The highest BCUT2D eigenvalue weighted by molar-refractivity contribution is 7.91. The molecule has 1 saturated heterocycles. The van der Waals surface area contributed by atoms with Crippen LogP contribution in [-0.4, -0.2) is 64.8 Å². The molecule has 1 saturated carbocycles. The second kappa shape index (κ2) is 7.59. The standard InChI is InChI=1S/C17H26N4O5S/c1-10-13(9-18-21(10)2)17(24)20-14-7-11(8-15(14)22)16(23)19-12-3-5-27(25,26)6-4-12/h9,11-12,14-15,22H,3-8H2,1-2H3,(H,19,23)(H,20,24)/t11-,14-,15-/m0/s1. The summed E-state index contributed by atoms with van der Waals surface area (Å²) >= 11 is 0. The number of rotatable bonds is 4. The minimum Gasteiger partial charge on any atom is -0.391 e. The van der Waals surface area contributed by atoms with E-state index in [1.54, 1.807) is 18.7 Å². The van der Waals surface area contributed by atoms with Crippen LogP contribution in [0, 0.1) is 12.8 Å². The molecule has 0 bridgehead atoms. The van der Waals surface area contributed by atoms with Crippen LogP contribution in [0.4, 0.5) is 0 Å². The van der Waals surface area contributed by atoms with Crippen molar-refractivity contribution in [2.75, 3.05) is 11.5 Å². The number of carbonyl (C=O) groups is 2. The molecule has 1 aliphatic heterocycles. The summed E-state index contributed by atoms with van der Waals surface area (Å²) < 4.78 is 24.6. The van der Waals surface area contributed by atoms with Gasteiger partial charge in [-0.25, -0.2) is 8.42 Å². The third kappa shape index (κ3) is 4.49. The lowest BCUT2D eigenvalue weighted by Gasteiger charge is -2.24. The molecule has 0 aromatic carbocycles. The topological polar surface area (TPSA) is 130 Å². The first kappa shape index (κ1) is 19.8. The molecule has 1 aromatic rings. The zero-order valence-electron chi connectivity index (χ0n) is 15.5. The molecule has 0 spiro atoms. The second-order valence-electron chi connectivity index (χ2n) is 7.52. The van der Waals surface area contributed by atoms with Gasteiger partial charge >= 0.3 is 0 Å². The van der Waals surface area contributed by atoms with Gasteiger partial charge in [-0.2, -0.15) is 5.10 Å². The van der Waals surface area contributed by atoms with Gasteiger partial charge in [0.05, 0.1) is 35.4 Å². The molecular weight excluding hydrogens is 372 g/mol. The van der Waals surface area contributed by atoms with E-state index < -0.39 is 27.9 Å². The zero-order valence-corrected chi connectivity index (χ0v) is 16.3. The van der Waals surface area contributed by atoms with E-state index in [1.807, 2.05) is 0 Å². The molecular formula is C17H26N4O5S. The van der Waals surface area contributed by atoms with Crippen molar-refractivity contribution in [2.24, 2.45) is 13.0 Å². The molecule has 2 aliphatic rings. The first-order chi connectivity index (χ1) is 12.7. The Morgan fingerprint density at radius 2 is 1.89 bits per heavy atom. The lowest BCUT2D eigenvalue weighted by molar-refractivity contribution is -0.125. The maximum atomic E-state index is 12.5. The van der Waals surface area contributed by atoms with Crippen LogP contribution >= 0.6 is 0 Å². The van der Waals surface area contributed by atoms with E-state index in [9.17, 15) is 23.1 Å². The Labute approximate surface area is 158 Å². The summed E-state index contributed by atoms with van der Waals surface area (Å²) in [6, 6.07) is -0.649. The van der Waals surface area contributed by atoms with Crippen molar-refractivity contribution in [2.45, 2.75) is 50.8 Å². The first-order valence-corrected chi connectivity index (χ1v) is 11.0. The highest BCUT2D eigenvalue weighted by Gasteiger charge is 2.39. The van der Waals surface area contributed by atoms with E-state index in [0.717, 1.165) is 5.69 Å². The number of nitrogens with zero attached hydrogens (tertiary/aromatic N) is 2. The minimum atomic E-state index is -2.98. The molecule has 10 heteroatoms. The number of hydrogen-bond donors (Lipinski definition) is 3. The molecule has 0 radical (unpaired) electrons. The van der Waals surface area contributed by atoms with Crippen LogP contribution in [0.15, 0.2) is 6.20 Å². The van der Waals surface area contributed by atoms with Crippen molar-refractivity contribution in [3.05, 3.63) is 17.5 Å². The summed E-state index contributed by atoms with van der Waals surface area (Å²) in [6.45, 7) is 1.79. The van der Waals surface area contributed by atoms with Gasteiger partial charge in [-0.15, -0.1) is 0 Å².